The molecule has 6 nitrogen and oxygen atoms in total. The fraction of sp³-hybridized carbons (Fsp3) is 0.529. The van der Waals surface area contributed by atoms with Crippen molar-refractivity contribution in [3.8, 4) is 0 Å². The number of anilines is 1. The summed E-state index contributed by atoms with van der Waals surface area (Å²) in [4.78, 5) is 15.6. The van der Waals surface area contributed by atoms with Crippen LogP contribution in [0.4, 0.5) is 14.9 Å². The van der Waals surface area contributed by atoms with Crippen molar-refractivity contribution in [3.05, 3.63) is 23.6 Å². The van der Waals surface area contributed by atoms with Gasteiger partial charge in [0.15, 0.2) is 5.58 Å². The van der Waals surface area contributed by atoms with Gasteiger partial charge in [0, 0.05) is 37.6 Å². The molecule has 1 aromatic carbocycles. The van der Waals surface area contributed by atoms with Gasteiger partial charge in [-0.3, -0.25) is 0 Å². The first-order chi connectivity index (χ1) is 11.2. The molecule has 0 unspecified atom stereocenters. The molecule has 0 bridgehead atoms. The Kier molecular flexibility index (Phi) is 4.11. The van der Waals surface area contributed by atoms with Gasteiger partial charge in [0.05, 0.1) is 11.4 Å². The van der Waals surface area contributed by atoms with Gasteiger partial charge in [0.2, 0.25) is 0 Å². The fourth-order valence-corrected chi connectivity index (χ4v) is 2.77. The molecule has 7 heteroatoms. The van der Waals surface area contributed by atoms with Crippen molar-refractivity contribution in [2.75, 3.05) is 31.1 Å². The third kappa shape index (κ3) is 3.29. The zero-order valence-corrected chi connectivity index (χ0v) is 14.4. The van der Waals surface area contributed by atoms with E-state index in [-0.39, 0.29) is 11.9 Å². The lowest BCUT2D eigenvalue weighted by Gasteiger charge is -2.36. The molecular weight excluding hydrogens is 313 g/mol. The van der Waals surface area contributed by atoms with Crippen molar-refractivity contribution in [2.45, 2.75) is 33.3 Å². The zero-order valence-electron chi connectivity index (χ0n) is 14.4. The summed E-state index contributed by atoms with van der Waals surface area (Å²) in [5, 5.41) is 4.55. The maximum atomic E-state index is 14.4. The second-order valence-electron chi connectivity index (χ2n) is 7.02. The molecule has 0 spiro atoms. The molecule has 3 rings (SSSR count). The summed E-state index contributed by atoms with van der Waals surface area (Å²) < 4.78 is 25.0. The third-order valence-corrected chi connectivity index (χ3v) is 3.99. The number of amides is 1. The molecule has 0 atom stereocenters. The van der Waals surface area contributed by atoms with Crippen LogP contribution in [0.25, 0.3) is 11.0 Å². The molecule has 130 valence electrons. The minimum absolute atomic E-state index is 0.306. The van der Waals surface area contributed by atoms with Crippen LogP contribution in [0.15, 0.2) is 16.7 Å². The van der Waals surface area contributed by atoms with Crippen LogP contribution in [0, 0.1) is 12.7 Å². The predicted molar refractivity (Wildman–Crippen MR) is 88.7 cm³/mol. The lowest BCUT2D eigenvalue weighted by Crippen LogP contribution is -2.50. The number of hydrogen-bond donors (Lipinski definition) is 0. The molecular formula is C17H22FN3O3. The van der Waals surface area contributed by atoms with Gasteiger partial charge < -0.3 is 19.1 Å². The monoisotopic (exact) mass is 335 g/mol. The van der Waals surface area contributed by atoms with Crippen LogP contribution in [-0.4, -0.2) is 47.9 Å². The molecule has 24 heavy (non-hydrogen) atoms. The lowest BCUT2D eigenvalue weighted by atomic mass is 10.1. The molecule has 2 aromatic rings. The van der Waals surface area contributed by atoms with E-state index in [0.717, 1.165) is 0 Å². The quantitative estimate of drug-likeness (QED) is 0.800. The van der Waals surface area contributed by atoms with Gasteiger partial charge in [-0.1, -0.05) is 5.16 Å². The minimum Gasteiger partial charge on any atom is -0.444 e. The SMILES string of the molecule is Cc1noc2cc(N3CCN(C(=O)OC(C)(C)C)CC3)c(F)cc12. The molecule has 0 N–H and O–H groups in total. The summed E-state index contributed by atoms with van der Waals surface area (Å²) in [5.41, 5.74) is 1.20. The number of hydrogen-bond acceptors (Lipinski definition) is 5. The number of carbonyl (C=O) groups excluding carboxylic acids is 1. The van der Waals surface area contributed by atoms with E-state index in [0.29, 0.717) is 48.5 Å². The van der Waals surface area contributed by atoms with E-state index < -0.39 is 5.60 Å². The number of aryl methyl sites for hydroxylation is 1. The topological polar surface area (TPSA) is 58.8 Å². The van der Waals surface area contributed by atoms with Crippen LogP contribution in [0.2, 0.25) is 0 Å². The van der Waals surface area contributed by atoms with E-state index in [2.05, 4.69) is 5.16 Å². The first-order valence-electron chi connectivity index (χ1n) is 8.03. The Morgan fingerprint density at radius 1 is 1.25 bits per heavy atom. The molecule has 0 radical (unpaired) electrons. The van der Waals surface area contributed by atoms with Crippen LogP contribution in [0.1, 0.15) is 26.5 Å². The van der Waals surface area contributed by atoms with Crippen molar-refractivity contribution in [3.63, 3.8) is 0 Å². The van der Waals surface area contributed by atoms with E-state index in [1.165, 1.54) is 6.07 Å². The number of halogens is 1. The first kappa shape index (κ1) is 16.5. The molecule has 1 amide bonds. The Hall–Kier alpha value is -2.31. The standard InChI is InChI=1S/C17H22FN3O3/c1-11-12-9-13(18)14(10-15(12)24-19-11)20-5-7-21(8-6-20)16(22)23-17(2,3)4/h9-10H,5-8H2,1-4H3. The Balaban J connectivity index is 1.71. The van der Waals surface area contributed by atoms with Gasteiger partial charge in [0.1, 0.15) is 11.4 Å². The number of aromatic nitrogens is 1. The highest BCUT2D eigenvalue weighted by Crippen LogP contribution is 2.28. The summed E-state index contributed by atoms with van der Waals surface area (Å²) in [6.07, 6.45) is -0.330. The maximum absolute atomic E-state index is 14.4. The fourth-order valence-electron chi connectivity index (χ4n) is 2.77. The number of fused-ring (bicyclic) bond motifs is 1. The first-order valence-corrected chi connectivity index (χ1v) is 8.03. The molecule has 0 saturated carbocycles. The van der Waals surface area contributed by atoms with Crippen LogP contribution in [-0.2, 0) is 4.74 Å². The summed E-state index contributed by atoms with van der Waals surface area (Å²) in [6.45, 7) is 9.35. The number of benzene rings is 1. The second-order valence-corrected chi connectivity index (χ2v) is 7.02. The lowest BCUT2D eigenvalue weighted by molar-refractivity contribution is 0.0240. The molecule has 1 fully saturated rings. The van der Waals surface area contributed by atoms with E-state index in [9.17, 15) is 9.18 Å². The summed E-state index contributed by atoms with van der Waals surface area (Å²) in [7, 11) is 0. The molecule has 1 aromatic heterocycles. The summed E-state index contributed by atoms with van der Waals surface area (Å²) >= 11 is 0. The van der Waals surface area contributed by atoms with Crippen molar-refractivity contribution < 1.29 is 18.4 Å². The molecule has 1 aliphatic heterocycles. The average molecular weight is 335 g/mol. The molecule has 1 aliphatic rings. The number of carbonyl (C=O) groups is 1. The largest absolute Gasteiger partial charge is 0.444 e. The van der Waals surface area contributed by atoms with Gasteiger partial charge in [0.25, 0.3) is 0 Å². The van der Waals surface area contributed by atoms with Gasteiger partial charge in [-0.05, 0) is 33.8 Å². The van der Waals surface area contributed by atoms with E-state index >= 15 is 0 Å². The molecule has 2 heterocycles. The molecule has 0 aliphatic carbocycles. The van der Waals surface area contributed by atoms with Gasteiger partial charge >= 0.3 is 6.09 Å². The maximum Gasteiger partial charge on any atom is 0.410 e. The number of nitrogens with zero attached hydrogens (tertiary/aromatic N) is 3. The minimum atomic E-state index is -0.518. The van der Waals surface area contributed by atoms with Gasteiger partial charge in [-0.2, -0.15) is 0 Å². The summed E-state index contributed by atoms with van der Waals surface area (Å²) in [6, 6.07) is 3.13. The van der Waals surface area contributed by atoms with E-state index in [1.807, 2.05) is 25.7 Å². The highest BCUT2D eigenvalue weighted by atomic mass is 19.1. The molecule has 1 saturated heterocycles. The Morgan fingerprint density at radius 3 is 2.54 bits per heavy atom. The highest BCUT2D eigenvalue weighted by molar-refractivity contribution is 5.83. The van der Waals surface area contributed by atoms with Crippen molar-refractivity contribution in [1.82, 2.24) is 10.1 Å². The Morgan fingerprint density at radius 2 is 1.92 bits per heavy atom. The predicted octanol–water partition coefficient (Wildman–Crippen LogP) is 3.33. The highest BCUT2D eigenvalue weighted by Gasteiger charge is 2.27. The Labute approximate surface area is 140 Å². The number of ether oxygens (including phenoxy) is 1. The van der Waals surface area contributed by atoms with Crippen molar-refractivity contribution in [1.29, 1.82) is 0 Å². The van der Waals surface area contributed by atoms with Crippen LogP contribution in [0.3, 0.4) is 0 Å². The number of rotatable bonds is 1. The third-order valence-electron chi connectivity index (χ3n) is 3.99. The van der Waals surface area contributed by atoms with Crippen molar-refractivity contribution in [2.24, 2.45) is 0 Å². The average Bonchev–Trinajstić information content (AvgIpc) is 2.86. The van der Waals surface area contributed by atoms with Gasteiger partial charge in [-0.15, -0.1) is 0 Å². The smallest absolute Gasteiger partial charge is 0.410 e. The van der Waals surface area contributed by atoms with Crippen LogP contribution >= 0.6 is 0 Å². The second kappa shape index (κ2) is 5.96. The Bertz CT molecular complexity index is 758. The van der Waals surface area contributed by atoms with Crippen molar-refractivity contribution >= 4 is 22.7 Å². The van der Waals surface area contributed by atoms with Gasteiger partial charge in [-0.25, -0.2) is 9.18 Å². The summed E-state index contributed by atoms with van der Waals surface area (Å²) in [5.74, 6) is -0.306. The van der Waals surface area contributed by atoms with Crippen LogP contribution < -0.4 is 4.90 Å². The number of piperazine rings is 1. The normalized spacial score (nSPS) is 15.9. The zero-order chi connectivity index (χ0) is 17.5. The van der Waals surface area contributed by atoms with E-state index in [1.54, 1.807) is 17.9 Å². The van der Waals surface area contributed by atoms with Crippen LogP contribution in [0.5, 0.6) is 0 Å². The van der Waals surface area contributed by atoms with E-state index in [4.69, 9.17) is 9.26 Å².